The molecular formula is C10H25NP2. The minimum Gasteiger partial charge on any atom is -0.316 e. The number of hydrogen-bond acceptors (Lipinski definition) is 1. The second-order valence-corrected chi connectivity index (χ2v) is 8.95. The second kappa shape index (κ2) is 8.16. The lowest BCUT2D eigenvalue weighted by atomic mass is 10.6. The van der Waals surface area contributed by atoms with Crippen molar-refractivity contribution in [1.29, 1.82) is 0 Å². The first-order valence-corrected chi connectivity index (χ1v) is 7.60. The Morgan fingerprint density at radius 1 is 1.00 bits per heavy atom. The maximum atomic E-state index is 3.47. The van der Waals surface area contributed by atoms with Crippen molar-refractivity contribution < 1.29 is 0 Å². The van der Waals surface area contributed by atoms with Gasteiger partial charge in [0.1, 0.15) is 0 Å². The Morgan fingerprint density at radius 3 is 1.77 bits per heavy atom. The monoisotopic (exact) mass is 221 g/mol. The van der Waals surface area contributed by atoms with Crippen LogP contribution in [0.25, 0.3) is 0 Å². The van der Waals surface area contributed by atoms with Crippen molar-refractivity contribution in [1.82, 2.24) is 5.32 Å². The zero-order valence-electron chi connectivity index (χ0n) is 9.65. The maximum absolute atomic E-state index is 3.47. The van der Waals surface area contributed by atoms with Crippen LogP contribution >= 0.6 is 17.2 Å². The molecule has 0 aromatic heterocycles. The third kappa shape index (κ3) is 9.13. The van der Waals surface area contributed by atoms with Crippen LogP contribution in [0, 0.1) is 0 Å². The Bertz CT molecular complexity index is 105. The molecule has 0 saturated heterocycles. The van der Waals surface area contributed by atoms with E-state index in [-0.39, 0.29) is 0 Å². The highest BCUT2D eigenvalue weighted by Crippen LogP contribution is 2.39. The molecule has 0 amide bonds. The molecule has 3 heteroatoms. The molecule has 0 rings (SSSR count). The highest BCUT2D eigenvalue weighted by Gasteiger charge is 2.11. The summed E-state index contributed by atoms with van der Waals surface area (Å²) in [6, 6.07) is 0. The minimum absolute atomic E-state index is 0.870. The van der Waals surface area contributed by atoms with E-state index in [1.807, 2.05) is 0 Å². The van der Waals surface area contributed by atoms with Crippen molar-refractivity contribution >= 4 is 17.2 Å². The van der Waals surface area contributed by atoms with Crippen LogP contribution in [0.15, 0.2) is 0 Å². The molecule has 1 N–H and O–H groups in total. The van der Waals surface area contributed by atoms with Gasteiger partial charge in [-0.1, -0.05) is 34.6 Å². The molecule has 0 aromatic carbocycles. The van der Waals surface area contributed by atoms with Gasteiger partial charge in [-0.05, 0) is 17.9 Å². The van der Waals surface area contributed by atoms with Crippen molar-refractivity contribution in [3.8, 4) is 0 Å². The fourth-order valence-corrected chi connectivity index (χ4v) is 5.78. The predicted octanol–water partition coefficient (Wildman–Crippen LogP) is 3.10. The highest BCUT2D eigenvalue weighted by molar-refractivity contribution is 7.58. The lowest BCUT2D eigenvalue weighted by Gasteiger charge is -2.21. The molecule has 2 atom stereocenters. The third-order valence-electron chi connectivity index (χ3n) is 1.67. The van der Waals surface area contributed by atoms with Gasteiger partial charge in [-0.15, -0.1) is 17.2 Å². The lowest BCUT2D eigenvalue weighted by Crippen LogP contribution is -2.22. The molecule has 0 radical (unpaired) electrons. The summed E-state index contributed by atoms with van der Waals surface area (Å²) >= 11 is 0. The number of rotatable bonds is 7. The van der Waals surface area contributed by atoms with Crippen molar-refractivity contribution in [2.24, 2.45) is 0 Å². The lowest BCUT2D eigenvalue weighted by molar-refractivity contribution is 0.749. The molecule has 0 aromatic rings. The van der Waals surface area contributed by atoms with E-state index in [1.165, 1.54) is 6.54 Å². The van der Waals surface area contributed by atoms with Crippen molar-refractivity contribution in [3.05, 3.63) is 0 Å². The average molecular weight is 221 g/mol. The van der Waals surface area contributed by atoms with Gasteiger partial charge in [-0.2, -0.15) is 0 Å². The van der Waals surface area contributed by atoms with Gasteiger partial charge in [-0.3, -0.25) is 0 Å². The molecule has 0 saturated carbocycles. The molecule has 0 aliphatic rings. The molecule has 0 aliphatic heterocycles. The zero-order valence-corrected chi connectivity index (χ0v) is 11.6. The van der Waals surface area contributed by atoms with Crippen LogP contribution < -0.4 is 5.32 Å². The molecule has 0 heterocycles. The fourth-order valence-electron chi connectivity index (χ4n) is 1.26. The summed E-state index contributed by atoms with van der Waals surface area (Å²) in [6.45, 7) is 13.9. The maximum Gasteiger partial charge on any atom is 0.00678 e. The largest absolute Gasteiger partial charge is 0.316 e. The summed E-state index contributed by atoms with van der Waals surface area (Å²) in [5.41, 5.74) is 1.74. The van der Waals surface area contributed by atoms with Crippen LogP contribution in [0.1, 0.15) is 34.6 Å². The average Bonchev–Trinajstić information content (AvgIpc) is 1.98. The SMILES string of the molecule is CCNCC(PC(C)C)PC(C)C. The Balaban J connectivity index is 3.73. The van der Waals surface area contributed by atoms with Crippen LogP contribution in [0.4, 0.5) is 0 Å². The second-order valence-electron chi connectivity index (χ2n) is 4.00. The molecule has 80 valence electrons. The molecule has 2 unspecified atom stereocenters. The van der Waals surface area contributed by atoms with Gasteiger partial charge in [0.05, 0.1) is 0 Å². The van der Waals surface area contributed by atoms with E-state index in [0.717, 1.165) is 40.4 Å². The smallest absolute Gasteiger partial charge is 0.00678 e. The summed E-state index contributed by atoms with van der Waals surface area (Å²) in [4.78, 5) is 0. The van der Waals surface area contributed by atoms with Crippen LogP contribution in [-0.4, -0.2) is 29.8 Å². The van der Waals surface area contributed by atoms with Crippen molar-refractivity contribution in [3.63, 3.8) is 0 Å². The molecule has 0 fully saturated rings. The first-order valence-electron chi connectivity index (χ1n) is 5.29. The summed E-state index contributed by atoms with van der Waals surface area (Å²) in [7, 11) is 2.26. The Hall–Kier alpha value is 0.820. The zero-order chi connectivity index (χ0) is 10.3. The summed E-state index contributed by atoms with van der Waals surface area (Å²) < 4.78 is 0. The minimum atomic E-state index is 0.870. The van der Waals surface area contributed by atoms with E-state index in [0.29, 0.717) is 0 Å². The first-order chi connectivity index (χ1) is 6.06. The van der Waals surface area contributed by atoms with E-state index in [4.69, 9.17) is 0 Å². The third-order valence-corrected chi connectivity index (χ3v) is 5.21. The molecule has 0 bridgehead atoms. The Morgan fingerprint density at radius 2 is 1.46 bits per heavy atom. The van der Waals surface area contributed by atoms with Gasteiger partial charge in [0.25, 0.3) is 0 Å². The topological polar surface area (TPSA) is 12.0 Å². The van der Waals surface area contributed by atoms with E-state index < -0.39 is 0 Å². The van der Waals surface area contributed by atoms with E-state index in [1.54, 1.807) is 0 Å². The van der Waals surface area contributed by atoms with Crippen molar-refractivity contribution in [2.75, 3.05) is 13.1 Å². The normalized spacial score (nSPS) is 15.9. The quantitative estimate of drug-likeness (QED) is 0.651. The molecule has 0 aliphatic carbocycles. The van der Waals surface area contributed by atoms with Crippen LogP contribution in [0.2, 0.25) is 0 Å². The molecular weight excluding hydrogens is 196 g/mol. The van der Waals surface area contributed by atoms with Gasteiger partial charge >= 0.3 is 0 Å². The Kier molecular flexibility index (Phi) is 8.67. The Labute approximate surface area is 87.4 Å². The van der Waals surface area contributed by atoms with Crippen LogP contribution in [0.5, 0.6) is 0 Å². The molecule has 13 heavy (non-hydrogen) atoms. The van der Waals surface area contributed by atoms with Gasteiger partial charge in [0, 0.05) is 11.9 Å². The standard InChI is InChI=1S/C10H25NP2/c1-6-11-7-10(12-8(2)3)13-9(4)5/h8-13H,6-7H2,1-5H3. The van der Waals surface area contributed by atoms with Crippen LogP contribution in [0.3, 0.4) is 0 Å². The molecule has 1 nitrogen and oxygen atoms in total. The number of hydrogen-bond donors (Lipinski definition) is 1. The molecule has 0 spiro atoms. The van der Waals surface area contributed by atoms with Gasteiger partial charge in [0.2, 0.25) is 0 Å². The van der Waals surface area contributed by atoms with Crippen LogP contribution in [-0.2, 0) is 0 Å². The predicted molar refractivity (Wildman–Crippen MR) is 69.2 cm³/mol. The van der Waals surface area contributed by atoms with Gasteiger partial charge in [-0.25, -0.2) is 0 Å². The fraction of sp³-hybridized carbons (Fsp3) is 1.00. The first kappa shape index (κ1) is 13.8. The summed E-state index contributed by atoms with van der Waals surface area (Å²) in [5, 5.41) is 4.40. The van der Waals surface area contributed by atoms with E-state index in [9.17, 15) is 0 Å². The van der Waals surface area contributed by atoms with Gasteiger partial charge < -0.3 is 5.32 Å². The highest BCUT2D eigenvalue weighted by atomic mass is 31.1. The van der Waals surface area contributed by atoms with E-state index in [2.05, 4.69) is 39.9 Å². The number of nitrogens with one attached hydrogen (secondary N) is 1. The van der Waals surface area contributed by atoms with Crippen molar-refractivity contribution in [2.45, 2.75) is 51.3 Å². The van der Waals surface area contributed by atoms with Gasteiger partial charge in [0.15, 0.2) is 0 Å². The van der Waals surface area contributed by atoms with E-state index >= 15 is 0 Å². The summed E-state index contributed by atoms with van der Waals surface area (Å²) in [5.74, 6) is 0. The summed E-state index contributed by atoms with van der Waals surface area (Å²) in [6.07, 6.45) is 0.